The first-order valence-electron chi connectivity index (χ1n) is 9.48. The van der Waals surface area contributed by atoms with E-state index in [0.29, 0.717) is 18.7 Å². The molecule has 0 saturated carbocycles. The largest absolute Gasteiger partial charge is 0.334 e. The van der Waals surface area contributed by atoms with E-state index in [2.05, 4.69) is 15.2 Å². The summed E-state index contributed by atoms with van der Waals surface area (Å²) >= 11 is 0. The maximum absolute atomic E-state index is 13.9. The number of urea groups is 1. The topological polar surface area (TPSA) is 53.4 Å². The molecule has 0 aliphatic carbocycles. The summed E-state index contributed by atoms with van der Waals surface area (Å²) in [6.07, 6.45) is 5.63. The standard InChI is InChI=1S/C20H28FN5O/c1-16-22-9-11-26(16)13-12-24(2)20(27)23-18-7-5-10-25(15-18)14-17-6-3-4-8-19(17)21/h3-4,6,8-9,11,18H,5,7,10,12-15H2,1-2H3,(H,23,27)/t18-/m1/s1. The number of hydrogen-bond donors (Lipinski definition) is 1. The number of benzene rings is 1. The second-order valence-electron chi connectivity index (χ2n) is 7.20. The predicted octanol–water partition coefficient (Wildman–Crippen LogP) is 2.64. The van der Waals surface area contributed by atoms with Gasteiger partial charge < -0.3 is 14.8 Å². The van der Waals surface area contributed by atoms with Crippen LogP contribution in [0, 0.1) is 12.7 Å². The molecule has 2 heterocycles. The molecule has 27 heavy (non-hydrogen) atoms. The highest BCUT2D eigenvalue weighted by Gasteiger charge is 2.23. The van der Waals surface area contributed by atoms with Crippen molar-refractivity contribution in [3.05, 3.63) is 53.9 Å². The first-order valence-corrected chi connectivity index (χ1v) is 9.48. The molecule has 1 aromatic heterocycles. The van der Waals surface area contributed by atoms with Crippen molar-refractivity contribution in [2.45, 2.75) is 38.9 Å². The van der Waals surface area contributed by atoms with Gasteiger partial charge in [-0.2, -0.15) is 0 Å². The second kappa shape index (κ2) is 8.99. The third-order valence-electron chi connectivity index (χ3n) is 5.13. The summed E-state index contributed by atoms with van der Waals surface area (Å²) in [5.41, 5.74) is 0.706. The zero-order valence-corrected chi connectivity index (χ0v) is 16.1. The lowest BCUT2D eigenvalue weighted by molar-refractivity contribution is 0.166. The van der Waals surface area contributed by atoms with Crippen LogP contribution in [0.3, 0.4) is 0 Å². The zero-order chi connectivity index (χ0) is 19.2. The molecule has 0 spiro atoms. The van der Waals surface area contributed by atoms with Gasteiger partial charge in [-0.25, -0.2) is 14.2 Å². The highest BCUT2D eigenvalue weighted by atomic mass is 19.1. The molecule has 0 bridgehead atoms. The van der Waals surface area contributed by atoms with Crippen LogP contribution in [-0.2, 0) is 13.1 Å². The van der Waals surface area contributed by atoms with Gasteiger partial charge in [-0.15, -0.1) is 0 Å². The van der Waals surface area contributed by atoms with E-state index in [1.807, 2.05) is 36.9 Å². The van der Waals surface area contributed by atoms with Crippen LogP contribution in [0.1, 0.15) is 24.2 Å². The van der Waals surface area contributed by atoms with Crippen LogP contribution in [0.15, 0.2) is 36.7 Å². The Morgan fingerprint density at radius 3 is 2.96 bits per heavy atom. The van der Waals surface area contributed by atoms with Gasteiger partial charge in [-0.05, 0) is 32.4 Å². The fourth-order valence-corrected chi connectivity index (χ4v) is 3.47. The van der Waals surface area contributed by atoms with E-state index < -0.39 is 0 Å². The molecule has 1 aliphatic heterocycles. The average Bonchev–Trinajstić information content (AvgIpc) is 3.07. The number of piperidine rings is 1. The van der Waals surface area contributed by atoms with Crippen molar-refractivity contribution in [2.75, 3.05) is 26.7 Å². The number of amides is 2. The van der Waals surface area contributed by atoms with Gasteiger partial charge in [0.25, 0.3) is 0 Å². The van der Waals surface area contributed by atoms with Crippen LogP contribution in [-0.4, -0.2) is 58.1 Å². The summed E-state index contributed by atoms with van der Waals surface area (Å²) in [5.74, 6) is 0.776. The van der Waals surface area contributed by atoms with Gasteiger partial charge in [0.15, 0.2) is 0 Å². The minimum atomic E-state index is -0.168. The van der Waals surface area contributed by atoms with E-state index in [9.17, 15) is 9.18 Å². The summed E-state index contributed by atoms with van der Waals surface area (Å²) in [6, 6.07) is 6.91. The highest BCUT2D eigenvalue weighted by molar-refractivity contribution is 5.74. The van der Waals surface area contributed by atoms with Crippen molar-refractivity contribution < 1.29 is 9.18 Å². The molecule has 6 nitrogen and oxygen atoms in total. The Balaban J connectivity index is 1.47. The molecule has 1 N–H and O–H groups in total. The number of nitrogens with one attached hydrogen (secondary N) is 1. The molecule has 2 amide bonds. The van der Waals surface area contributed by atoms with Crippen LogP contribution < -0.4 is 5.32 Å². The zero-order valence-electron chi connectivity index (χ0n) is 16.1. The van der Waals surface area contributed by atoms with Gasteiger partial charge in [0, 0.05) is 57.2 Å². The molecule has 3 rings (SSSR count). The Labute approximate surface area is 160 Å². The molecule has 2 aromatic rings. The van der Waals surface area contributed by atoms with Crippen LogP contribution in [0.25, 0.3) is 0 Å². The van der Waals surface area contributed by atoms with E-state index in [-0.39, 0.29) is 17.9 Å². The van der Waals surface area contributed by atoms with Gasteiger partial charge >= 0.3 is 6.03 Å². The number of carbonyl (C=O) groups is 1. The molecule has 1 atom stereocenters. The van der Waals surface area contributed by atoms with Crippen molar-refractivity contribution in [1.29, 1.82) is 0 Å². The third kappa shape index (κ3) is 5.29. The maximum Gasteiger partial charge on any atom is 0.317 e. The molecule has 146 valence electrons. The van der Waals surface area contributed by atoms with Crippen LogP contribution in [0.5, 0.6) is 0 Å². The minimum absolute atomic E-state index is 0.0643. The maximum atomic E-state index is 13.9. The van der Waals surface area contributed by atoms with E-state index in [0.717, 1.165) is 38.3 Å². The second-order valence-corrected chi connectivity index (χ2v) is 7.20. The predicted molar refractivity (Wildman–Crippen MR) is 103 cm³/mol. The van der Waals surface area contributed by atoms with Crippen molar-refractivity contribution in [3.8, 4) is 0 Å². The fourth-order valence-electron chi connectivity index (χ4n) is 3.47. The average molecular weight is 373 g/mol. The molecular weight excluding hydrogens is 345 g/mol. The first-order chi connectivity index (χ1) is 13.0. The molecule has 0 radical (unpaired) electrons. The number of hydrogen-bond acceptors (Lipinski definition) is 3. The minimum Gasteiger partial charge on any atom is -0.334 e. The molecule has 0 unspecified atom stereocenters. The van der Waals surface area contributed by atoms with E-state index in [4.69, 9.17) is 0 Å². The Morgan fingerprint density at radius 2 is 2.22 bits per heavy atom. The molecule has 1 saturated heterocycles. The lowest BCUT2D eigenvalue weighted by Crippen LogP contribution is -2.51. The number of aromatic nitrogens is 2. The van der Waals surface area contributed by atoms with E-state index in [1.54, 1.807) is 17.2 Å². The van der Waals surface area contributed by atoms with Crippen LogP contribution >= 0.6 is 0 Å². The van der Waals surface area contributed by atoms with Crippen LogP contribution in [0.4, 0.5) is 9.18 Å². The quantitative estimate of drug-likeness (QED) is 0.847. The Bertz CT molecular complexity index is 762. The molecule has 7 heteroatoms. The summed E-state index contributed by atoms with van der Waals surface area (Å²) < 4.78 is 15.9. The Hall–Kier alpha value is -2.41. The first kappa shape index (κ1) is 19.4. The van der Waals surface area contributed by atoms with Gasteiger partial charge in [-0.3, -0.25) is 4.90 Å². The molecule has 1 aliphatic rings. The van der Waals surface area contributed by atoms with Gasteiger partial charge in [-0.1, -0.05) is 18.2 Å². The lowest BCUT2D eigenvalue weighted by Gasteiger charge is -2.34. The smallest absolute Gasteiger partial charge is 0.317 e. The molecule has 1 fully saturated rings. The SMILES string of the molecule is Cc1nccn1CCN(C)C(=O)N[C@@H]1CCCN(Cc2ccccc2F)C1. The summed E-state index contributed by atoms with van der Waals surface area (Å²) in [7, 11) is 1.81. The highest BCUT2D eigenvalue weighted by Crippen LogP contribution is 2.16. The third-order valence-corrected chi connectivity index (χ3v) is 5.13. The van der Waals surface area contributed by atoms with E-state index >= 15 is 0 Å². The number of likely N-dealkylation sites (N-methyl/N-ethyl adjacent to an activating group) is 1. The fraction of sp³-hybridized carbons (Fsp3) is 0.500. The van der Waals surface area contributed by atoms with Crippen molar-refractivity contribution >= 4 is 6.03 Å². The number of nitrogens with zero attached hydrogens (tertiary/aromatic N) is 4. The number of likely N-dealkylation sites (tertiary alicyclic amines) is 1. The van der Waals surface area contributed by atoms with Crippen LogP contribution in [0.2, 0.25) is 0 Å². The lowest BCUT2D eigenvalue weighted by atomic mass is 10.0. The summed E-state index contributed by atoms with van der Waals surface area (Å²) in [4.78, 5) is 20.6. The number of imidazole rings is 1. The van der Waals surface area contributed by atoms with Crippen molar-refractivity contribution in [2.24, 2.45) is 0 Å². The van der Waals surface area contributed by atoms with Gasteiger partial charge in [0.05, 0.1) is 0 Å². The van der Waals surface area contributed by atoms with Crippen molar-refractivity contribution in [3.63, 3.8) is 0 Å². The normalized spacial score (nSPS) is 17.7. The number of halogens is 1. The summed E-state index contributed by atoms with van der Waals surface area (Å²) in [5, 5.41) is 3.12. The number of rotatable bonds is 6. The van der Waals surface area contributed by atoms with E-state index in [1.165, 1.54) is 6.07 Å². The summed E-state index contributed by atoms with van der Waals surface area (Å²) in [6.45, 7) is 5.54. The molecule has 1 aromatic carbocycles. The monoisotopic (exact) mass is 373 g/mol. The van der Waals surface area contributed by atoms with Gasteiger partial charge in [0.2, 0.25) is 0 Å². The molecular formula is C20H28FN5O. The number of aryl methyl sites for hydroxylation is 1. The van der Waals surface area contributed by atoms with Gasteiger partial charge in [0.1, 0.15) is 11.6 Å². The number of carbonyl (C=O) groups excluding carboxylic acids is 1. The Morgan fingerprint density at radius 1 is 1.41 bits per heavy atom. The Kier molecular flexibility index (Phi) is 6.45. The van der Waals surface area contributed by atoms with Crippen molar-refractivity contribution in [1.82, 2.24) is 24.7 Å².